The molecule has 20 heavy (non-hydrogen) atoms. The summed E-state index contributed by atoms with van der Waals surface area (Å²) in [7, 11) is 3.77. The van der Waals surface area contributed by atoms with Crippen molar-refractivity contribution in [1.82, 2.24) is 19.4 Å². The monoisotopic (exact) mass is 280 g/mol. The van der Waals surface area contributed by atoms with E-state index in [-0.39, 0.29) is 12.5 Å². The third-order valence-electron chi connectivity index (χ3n) is 3.38. The first kappa shape index (κ1) is 14.7. The zero-order valence-electron chi connectivity index (χ0n) is 11.8. The van der Waals surface area contributed by atoms with E-state index >= 15 is 0 Å². The summed E-state index contributed by atoms with van der Waals surface area (Å²) in [5.41, 5.74) is -1.30. The number of hydrogen-bond acceptors (Lipinski definition) is 5. The maximum absolute atomic E-state index is 12.2. The molecule has 1 aromatic rings. The number of β-amino-alcohol motifs (C(OH)–C–C–N with tert-alkyl or cyclic N) is 1. The van der Waals surface area contributed by atoms with Crippen LogP contribution in [0, 0.1) is 0 Å². The zero-order valence-corrected chi connectivity index (χ0v) is 11.8. The van der Waals surface area contributed by atoms with Gasteiger partial charge in [-0.2, -0.15) is 0 Å². The van der Waals surface area contributed by atoms with Crippen molar-refractivity contribution in [3.63, 3.8) is 0 Å². The standard InChI is InChI=1S/C13H20N4O3/c1-15(2)9-13(20)4-7-17(10-13)11(18)8-16-6-3-5-14-12(16)19/h3,5-6,20H,4,7-10H2,1-2H3/t13-/m0/s1. The van der Waals surface area contributed by atoms with Crippen LogP contribution in [0.5, 0.6) is 0 Å². The van der Waals surface area contributed by atoms with Gasteiger partial charge in [0.15, 0.2) is 0 Å². The van der Waals surface area contributed by atoms with Gasteiger partial charge < -0.3 is 14.9 Å². The van der Waals surface area contributed by atoms with Crippen LogP contribution in [-0.2, 0) is 11.3 Å². The van der Waals surface area contributed by atoms with Crippen LogP contribution in [0.2, 0.25) is 0 Å². The summed E-state index contributed by atoms with van der Waals surface area (Å²) in [6.07, 6.45) is 3.49. The molecule has 1 aliphatic rings. The second-order valence-electron chi connectivity index (χ2n) is 5.56. The fourth-order valence-electron chi connectivity index (χ4n) is 2.54. The van der Waals surface area contributed by atoms with Crippen LogP contribution in [0.15, 0.2) is 23.3 Å². The molecule has 0 bridgehead atoms. The minimum atomic E-state index is -0.862. The van der Waals surface area contributed by atoms with Crippen molar-refractivity contribution in [3.05, 3.63) is 28.9 Å². The molecule has 1 saturated heterocycles. The molecule has 0 aliphatic carbocycles. The summed E-state index contributed by atoms with van der Waals surface area (Å²) in [5.74, 6) is -0.171. The minimum absolute atomic E-state index is 0.0370. The Morgan fingerprint density at radius 2 is 2.30 bits per heavy atom. The first-order valence-corrected chi connectivity index (χ1v) is 6.56. The summed E-state index contributed by atoms with van der Waals surface area (Å²) in [4.78, 5) is 30.7. The summed E-state index contributed by atoms with van der Waals surface area (Å²) >= 11 is 0. The molecule has 110 valence electrons. The van der Waals surface area contributed by atoms with Gasteiger partial charge in [-0.25, -0.2) is 9.78 Å². The smallest absolute Gasteiger partial charge is 0.347 e. The predicted octanol–water partition coefficient (Wildman–Crippen LogP) is -1.23. The molecule has 1 atom stereocenters. The second-order valence-corrected chi connectivity index (χ2v) is 5.56. The van der Waals surface area contributed by atoms with E-state index in [4.69, 9.17) is 0 Å². The first-order chi connectivity index (χ1) is 9.39. The SMILES string of the molecule is CN(C)C[C@@]1(O)CCN(C(=O)Cn2cccnc2=O)C1. The molecule has 1 amide bonds. The lowest BCUT2D eigenvalue weighted by atomic mass is 10.0. The van der Waals surface area contributed by atoms with Crippen LogP contribution in [0.4, 0.5) is 0 Å². The predicted molar refractivity (Wildman–Crippen MR) is 73.2 cm³/mol. The quantitative estimate of drug-likeness (QED) is 0.747. The Morgan fingerprint density at radius 3 is 2.95 bits per heavy atom. The van der Waals surface area contributed by atoms with Gasteiger partial charge in [-0.1, -0.05) is 0 Å². The topological polar surface area (TPSA) is 78.7 Å². The molecule has 1 aromatic heterocycles. The molecule has 0 spiro atoms. The number of aromatic nitrogens is 2. The van der Waals surface area contributed by atoms with Crippen molar-refractivity contribution in [2.75, 3.05) is 33.7 Å². The molecule has 7 nitrogen and oxygen atoms in total. The van der Waals surface area contributed by atoms with Crippen LogP contribution in [0.1, 0.15) is 6.42 Å². The number of rotatable bonds is 4. The number of nitrogens with zero attached hydrogens (tertiary/aromatic N) is 4. The number of carbonyl (C=O) groups is 1. The Kier molecular flexibility index (Phi) is 4.20. The van der Waals surface area contributed by atoms with Crippen molar-refractivity contribution < 1.29 is 9.90 Å². The molecule has 1 N–H and O–H groups in total. The van der Waals surface area contributed by atoms with E-state index in [1.807, 2.05) is 19.0 Å². The van der Waals surface area contributed by atoms with Gasteiger partial charge in [-0.3, -0.25) is 9.36 Å². The van der Waals surface area contributed by atoms with Gasteiger partial charge in [-0.05, 0) is 26.6 Å². The fraction of sp³-hybridized carbons (Fsp3) is 0.615. The maximum atomic E-state index is 12.2. The van der Waals surface area contributed by atoms with Crippen molar-refractivity contribution >= 4 is 5.91 Å². The molecule has 1 fully saturated rings. The molecule has 2 rings (SSSR count). The molecule has 0 aromatic carbocycles. The van der Waals surface area contributed by atoms with Crippen molar-refractivity contribution in [1.29, 1.82) is 0 Å². The summed E-state index contributed by atoms with van der Waals surface area (Å²) in [5, 5.41) is 10.4. The molecule has 0 radical (unpaired) electrons. The van der Waals surface area contributed by atoms with E-state index in [0.717, 1.165) is 0 Å². The molecule has 7 heteroatoms. The number of hydrogen-bond donors (Lipinski definition) is 1. The van der Waals surface area contributed by atoms with Crippen LogP contribution in [0.25, 0.3) is 0 Å². The molecular formula is C13H20N4O3. The highest BCUT2D eigenvalue weighted by molar-refractivity contribution is 5.76. The first-order valence-electron chi connectivity index (χ1n) is 6.56. The van der Waals surface area contributed by atoms with Crippen LogP contribution in [-0.4, -0.2) is 69.7 Å². The third-order valence-corrected chi connectivity index (χ3v) is 3.38. The van der Waals surface area contributed by atoms with Crippen molar-refractivity contribution in [2.45, 2.75) is 18.6 Å². The number of carbonyl (C=O) groups excluding carboxylic acids is 1. The van der Waals surface area contributed by atoms with E-state index in [1.54, 1.807) is 11.0 Å². The van der Waals surface area contributed by atoms with Crippen LogP contribution in [0.3, 0.4) is 0 Å². The highest BCUT2D eigenvalue weighted by Gasteiger charge is 2.38. The lowest BCUT2D eigenvalue weighted by Gasteiger charge is -2.26. The molecule has 0 saturated carbocycles. The highest BCUT2D eigenvalue weighted by atomic mass is 16.3. The van der Waals surface area contributed by atoms with Crippen LogP contribution >= 0.6 is 0 Å². The average molecular weight is 280 g/mol. The zero-order chi connectivity index (χ0) is 14.8. The summed E-state index contributed by atoms with van der Waals surface area (Å²) in [6.45, 7) is 1.30. The summed E-state index contributed by atoms with van der Waals surface area (Å²) < 4.78 is 1.27. The Balaban J connectivity index is 1.98. The van der Waals surface area contributed by atoms with Crippen molar-refractivity contribution in [3.8, 4) is 0 Å². The van der Waals surface area contributed by atoms with E-state index in [9.17, 15) is 14.7 Å². The highest BCUT2D eigenvalue weighted by Crippen LogP contribution is 2.22. The number of likely N-dealkylation sites (tertiary alicyclic amines) is 1. The van der Waals surface area contributed by atoms with E-state index in [0.29, 0.717) is 26.1 Å². The van der Waals surface area contributed by atoms with Gasteiger partial charge in [0.1, 0.15) is 6.54 Å². The normalized spacial score (nSPS) is 22.5. The Labute approximate surface area is 117 Å². The number of amides is 1. The molecular weight excluding hydrogens is 260 g/mol. The second kappa shape index (κ2) is 5.72. The molecule has 0 unspecified atom stereocenters. The fourth-order valence-corrected chi connectivity index (χ4v) is 2.54. The van der Waals surface area contributed by atoms with Crippen molar-refractivity contribution in [2.24, 2.45) is 0 Å². The summed E-state index contributed by atoms with van der Waals surface area (Å²) in [6, 6.07) is 1.61. The van der Waals surface area contributed by atoms with E-state index in [2.05, 4.69) is 4.98 Å². The third kappa shape index (κ3) is 3.43. The van der Waals surface area contributed by atoms with Gasteiger partial charge in [0.05, 0.1) is 12.1 Å². The van der Waals surface area contributed by atoms with Gasteiger partial charge in [0, 0.05) is 25.5 Å². The van der Waals surface area contributed by atoms with Gasteiger partial charge in [-0.15, -0.1) is 0 Å². The minimum Gasteiger partial charge on any atom is -0.387 e. The number of aliphatic hydroxyl groups is 1. The lowest BCUT2D eigenvalue weighted by Crippen LogP contribution is -2.44. The van der Waals surface area contributed by atoms with Crippen LogP contribution < -0.4 is 5.69 Å². The maximum Gasteiger partial charge on any atom is 0.347 e. The van der Waals surface area contributed by atoms with E-state index < -0.39 is 11.3 Å². The molecule has 2 heterocycles. The number of likely N-dealkylation sites (N-methyl/N-ethyl adjacent to an activating group) is 1. The Hall–Kier alpha value is -1.73. The van der Waals surface area contributed by atoms with Gasteiger partial charge in [0.25, 0.3) is 0 Å². The Morgan fingerprint density at radius 1 is 1.55 bits per heavy atom. The van der Waals surface area contributed by atoms with Gasteiger partial charge >= 0.3 is 5.69 Å². The Bertz CT molecular complexity index is 542. The van der Waals surface area contributed by atoms with Gasteiger partial charge in [0.2, 0.25) is 5.91 Å². The average Bonchev–Trinajstić information content (AvgIpc) is 2.73. The molecule has 1 aliphatic heterocycles. The van der Waals surface area contributed by atoms with E-state index in [1.165, 1.54) is 17.0 Å². The largest absolute Gasteiger partial charge is 0.387 e. The lowest BCUT2D eigenvalue weighted by molar-refractivity contribution is -0.132.